The van der Waals surface area contributed by atoms with Gasteiger partial charge in [0.15, 0.2) is 0 Å². The van der Waals surface area contributed by atoms with Crippen LogP contribution in [0.4, 0.5) is 5.95 Å². The molecule has 0 spiro atoms. The minimum Gasteiger partial charge on any atom is -0.488 e. The summed E-state index contributed by atoms with van der Waals surface area (Å²) in [7, 11) is 0. The van der Waals surface area contributed by atoms with Gasteiger partial charge in [-0.3, -0.25) is 10.1 Å². The summed E-state index contributed by atoms with van der Waals surface area (Å²) in [5, 5.41) is 7.62. The molecule has 4 rings (SSSR count). The number of aromatic nitrogens is 3. The second-order valence-electron chi connectivity index (χ2n) is 5.71. The van der Waals surface area contributed by atoms with Crippen molar-refractivity contribution in [2.24, 2.45) is 0 Å². The van der Waals surface area contributed by atoms with Gasteiger partial charge in [0.05, 0.1) is 12.5 Å². The molecule has 25 heavy (non-hydrogen) atoms. The molecular formula is C18H15ClN4O2. The van der Waals surface area contributed by atoms with E-state index in [1.54, 1.807) is 4.68 Å². The summed E-state index contributed by atoms with van der Waals surface area (Å²) < 4.78 is 7.71. The van der Waals surface area contributed by atoms with Crippen LogP contribution >= 0.6 is 11.6 Å². The Bertz CT molecular complexity index is 925. The van der Waals surface area contributed by atoms with Gasteiger partial charge in [-0.15, -0.1) is 0 Å². The lowest BCUT2D eigenvalue weighted by Gasteiger charge is -2.25. The van der Waals surface area contributed by atoms with E-state index in [-0.39, 0.29) is 18.4 Å². The predicted octanol–water partition coefficient (Wildman–Crippen LogP) is 3.44. The van der Waals surface area contributed by atoms with Crippen molar-refractivity contribution in [1.82, 2.24) is 14.8 Å². The summed E-state index contributed by atoms with van der Waals surface area (Å²) >= 11 is 6.20. The third-order valence-electron chi connectivity index (χ3n) is 4.12. The second-order valence-corrected chi connectivity index (χ2v) is 6.12. The largest absolute Gasteiger partial charge is 0.488 e. The van der Waals surface area contributed by atoms with E-state index in [2.05, 4.69) is 15.4 Å². The predicted molar refractivity (Wildman–Crippen MR) is 93.6 cm³/mol. The van der Waals surface area contributed by atoms with Gasteiger partial charge in [0.25, 0.3) is 0 Å². The molecule has 3 aromatic rings. The van der Waals surface area contributed by atoms with E-state index >= 15 is 0 Å². The zero-order chi connectivity index (χ0) is 17.2. The van der Waals surface area contributed by atoms with Crippen molar-refractivity contribution < 1.29 is 9.53 Å². The average molecular weight is 355 g/mol. The molecule has 0 bridgehead atoms. The molecule has 1 aliphatic rings. The first-order valence-corrected chi connectivity index (χ1v) is 8.24. The molecule has 1 aromatic heterocycles. The van der Waals surface area contributed by atoms with Crippen molar-refractivity contribution in [3.8, 4) is 5.75 Å². The molecule has 2 heterocycles. The molecule has 0 saturated carbocycles. The normalized spacial score (nSPS) is 16.2. The Morgan fingerprint density at radius 2 is 2.00 bits per heavy atom. The highest BCUT2D eigenvalue weighted by atomic mass is 35.5. The van der Waals surface area contributed by atoms with Gasteiger partial charge < -0.3 is 4.74 Å². The standard InChI is InChI=1S/C18H15ClN4O2/c19-14-7-3-1-5-12(14)10-25-16-8-4-2-6-13(16)15-9-17(24)22-18-20-11-21-23(15)18/h1-8,11,15H,9-10H2,(H,20,21,22,24)/t15-/m0/s1. The van der Waals surface area contributed by atoms with Gasteiger partial charge >= 0.3 is 0 Å². The number of rotatable bonds is 4. The fourth-order valence-corrected chi connectivity index (χ4v) is 3.10. The molecule has 1 amide bonds. The average Bonchev–Trinajstić information content (AvgIpc) is 3.09. The lowest BCUT2D eigenvalue weighted by atomic mass is 10.0. The fourth-order valence-electron chi connectivity index (χ4n) is 2.91. The minimum atomic E-state index is -0.256. The Morgan fingerprint density at radius 3 is 2.88 bits per heavy atom. The summed E-state index contributed by atoms with van der Waals surface area (Å²) in [6.45, 7) is 0.347. The highest BCUT2D eigenvalue weighted by Gasteiger charge is 2.29. The van der Waals surface area contributed by atoms with Crippen molar-refractivity contribution >= 4 is 23.5 Å². The number of halogens is 1. The van der Waals surface area contributed by atoms with E-state index in [0.29, 0.717) is 23.3 Å². The maximum Gasteiger partial charge on any atom is 0.229 e. The third-order valence-corrected chi connectivity index (χ3v) is 4.49. The van der Waals surface area contributed by atoms with Crippen LogP contribution < -0.4 is 10.1 Å². The van der Waals surface area contributed by atoms with Crippen LogP contribution in [0.2, 0.25) is 5.02 Å². The van der Waals surface area contributed by atoms with E-state index in [9.17, 15) is 4.79 Å². The number of carbonyl (C=O) groups excluding carboxylic acids is 1. The molecule has 1 N–H and O–H groups in total. The molecule has 0 fully saturated rings. The smallest absolute Gasteiger partial charge is 0.229 e. The SMILES string of the molecule is O=C1C[C@@H](c2ccccc2OCc2ccccc2Cl)n2ncnc2N1. The first-order valence-electron chi connectivity index (χ1n) is 7.87. The quantitative estimate of drug-likeness (QED) is 0.779. The summed E-state index contributed by atoms with van der Waals surface area (Å²) in [5.41, 5.74) is 1.79. The number of hydrogen-bond acceptors (Lipinski definition) is 4. The lowest BCUT2D eigenvalue weighted by molar-refractivity contribution is -0.117. The Balaban J connectivity index is 1.64. The number of nitrogens with zero attached hydrogens (tertiary/aromatic N) is 3. The second kappa shape index (κ2) is 6.57. The van der Waals surface area contributed by atoms with Crippen LogP contribution in [0.15, 0.2) is 54.9 Å². The number of ether oxygens (including phenoxy) is 1. The van der Waals surface area contributed by atoms with Crippen molar-refractivity contribution in [3.63, 3.8) is 0 Å². The van der Waals surface area contributed by atoms with Gasteiger partial charge in [-0.05, 0) is 12.1 Å². The van der Waals surface area contributed by atoms with Gasteiger partial charge in [-0.1, -0.05) is 48.0 Å². The van der Waals surface area contributed by atoms with Crippen LogP contribution in [-0.2, 0) is 11.4 Å². The number of benzene rings is 2. The Labute approximate surface area is 149 Å². The number of hydrogen-bond donors (Lipinski definition) is 1. The van der Waals surface area contributed by atoms with Crippen LogP contribution in [-0.4, -0.2) is 20.7 Å². The molecule has 0 radical (unpaired) electrons. The van der Waals surface area contributed by atoms with E-state index in [1.807, 2.05) is 48.5 Å². The molecule has 1 atom stereocenters. The topological polar surface area (TPSA) is 69.0 Å². The third kappa shape index (κ3) is 3.08. The number of fused-ring (bicyclic) bond motifs is 1. The first kappa shape index (κ1) is 15.7. The minimum absolute atomic E-state index is 0.0913. The van der Waals surface area contributed by atoms with Crippen molar-refractivity contribution in [1.29, 1.82) is 0 Å². The fraction of sp³-hybridized carbons (Fsp3) is 0.167. The van der Waals surface area contributed by atoms with E-state index in [0.717, 1.165) is 11.1 Å². The Morgan fingerprint density at radius 1 is 1.20 bits per heavy atom. The van der Waals surface area contributed by atoms with E-state index in [4.69, 9.17) is 16.3 Å². The number of nitrogens with one attached hydrogen (secondary N) is 1. The van der Waals surface area contributed by atoms with Crippen LogP contribution in [0.1, 0.15) is 23.6 Å². The zero-order valence-electron chi connectivity index (χ0n) is 13.2. The summed E-state index contributed by atoms with van der Waals surface area (Å²) in [6.07, 6.45) is 1.71. The highest BCUT2D eigenvalue weighted by molar-refractivity contribution is 6.31. The lowest BCUT2D eigenvalue weighted by Crippen LogP contribution is -2.29. The van der Waals surface area contributed by atoms with Gasteiger partial charge in [0.2, 0.25) is 11.9 Å². The van der Waals surface area contributed by atoms with Gasteiger partial charge in [-0.25, -0.2) is 4.68 Å². The van der Waals surface area contributed by atoms with Crippen LogP contribution in [0, 0.1) is 0 Å². The van der Waals surface area contributed by atoms with Crippen molar-refractivity contribution in [2.75, 3.05) is 5.32 Å². The number of para-hydroxylation sites is 1. The zero-order valence-corrected chi connectivity index (χ0v) is 14.0. The number of anilines is 1. The molecule has 1 aliphatic heterocycles. The molecular weight excluding hydrogens is 340 g/mol. The molecule has 2 aromatic carbocycles. The maximum absolute atomic E-state index is 12.0. The molecule has 0 aliphatic carbocycles. The highest BCUT2D eigenvalue weighted by Crippen LogP contribution is 2.34. The van der Waals surface area contributed by atoms with Crippen LogP contribution in [0.3, 0.4) is 0 Å². The number of carbonyl (C=O) groups is 1. The molecule has 7 heteroatoms. The van der Waals surface area contributed by atoms with Crippen molar-refractivity contribution in [2.45, 2.75) is 19.1 Å². The first-order chi connectivity index (χ1) is 12.2. The van der Waals surface area contributed by atoms with Crippen LogP contribution in [0.25, 0.3) is 0 Å². The number of amides is 1. The van der Waals surface area contributed by atoms with Gasteiger partial charge in [0.1, 0.15) is 18.7 Å². The molecule has 126 valence electrons. The molecule has 0 saturated heterocycles. The summed E-state index contributed by atoms with van der Waals surface area (Å²) in [4.78, 5) is 16.1. The van der Waals surface area contributed by atoms with E-state index in [1.165, 1.54) is 6.33 Å². The summed E-state index contributed by atoms with van der Waals surface area (Å²) in [5.74, 6) is 1.05. The maximum atomic E-state index is 12.0. The van der Waals surface area contributed by atoms with E-state index < -0.39 is 0 Å². The van der Waals surface area contributed by atoms with Gasteiger partial charge in [0, 0.05) is 16.1 Å². The van der Waals surface area contributed by atoms with Crippen LogP contribution in [0.5, 0.6) is 5.75 Å². The molecule has 0 unspecified atom stereocenters. The van der Waals surface area contributed by atoms with Gasteiger partial charge in [-0.2, -0.15) is 10.1 Å². The van der Waals surface area contributed by atoms with Crippen molar-refractivity contribution in [3.05, 3.63) is 71.0 Å². The summed E-state index contributed by atoms with van der Waals surface area (Å²) in [6, 6.07) is 14.9. The molecule has 6 nitrogen and oxygen atoms in total. The Kier molecular flexibility index (Phi) is 4.11. The monoisotopic (exact) mass is 354 g/mol. The Hall–Kier alpha value is -2.86.